The van der Waals surface area contributed by atoms with E-state index in [9.17, 15) is 24.6 Å². The number of nitrogens with zero attached hydrogens (tertiary/aromatic N) is 2. The first kappa shape index (κ1) is 35.9. The number of rotatable bonds is 16. The summed E-state index contributed by atoms with van der Waals surface area (Å²) in [6, 6.07) is 8.04. The molecule has 0 spiro atoms. The third-order valence-corrected chi connectivity index (χ3v) is 8.82. The molecule has 44 heavy (non-hydrogen) atoms. The fraction of sp³-hybridized carbons (Fsp3) is 0.735. The van der Waals surface area contributed by atoms with Crippen LogP contribution in [0.5, 0.6) is 0 Å². The Balaban J connectivity index is 1.77. The Morgan fingerprint density at radius 2 is 1.64 bits per heavy atom. The van der Waals surface area contributed by atoms with E-state index in [0.29, 0.717) is 51.5 Å². The van der Waals surface area contributed by atoms with Gasteiger partial charge in [0.2, 0.25) is 17.7 Å². The Bertz CT molecular complexity index is 1010. The van der Waals surface area contributed by atoms with Gasteiger partial charge in [-0.15, -0.1) is 0 Å². The molecule has 2 fully saturated rings. The van der Waals surface area contributed by atoms with Crippen LogP contribution in [-0.4, -0.2) is 109 Å². The lowest BCUT2D eigenvalue weighted by atomic mass is 9.82. The lowest BCUT2D eigenvalue weighted by Gasteiger charge is -2.34. The smallest absolute Gasteiger partial charge is 0.244 e. The van der Waals surface area contributed by atoms with E-state index >= 15 is 0 Å². The molecular weight excluding hydrogens is 560 g/mol. The summed E-state index contributed by atoms with van der Waals surface area (Å²) in [5, 5.41) is 28.0. The zero-order valence-electron chi connectivity index (χ0n) is 27.2. The van der Waals surface area contributed by atoms with Crippen LogP contribution in [0.4, 0.5) is 0 Å². The van der Waals surface area contributed by atoms with E-state index in [2.05, 4.69) is 10.6 Å². The summed E-state index contributed by atoms with van der Waals surface area (Å²) in [7, 11) is 3.66. The van der Waals surface area contributed by atoms with Gasteiger partial charge in [0.05, 0.1) is 31.3 Å². The quantitative estimate of drug-likeness (QED) is 0.224. The molecule has 5 atom stereocenters. The number of aliphatic hydroxyl groups is 2. The third-order valence-electron chi connectivity index (χ3n) is 8.82. The first-order chi connectivity index (χ1) is 21.0. The Kier molecular flexibility index (Phi) is 15.1. The van der Waals surface area contributed by atoms with Gasteiger partial charge in [-0.05, 0) is 50.8 Å². The zero-order chi connectivity index (χ0) is 32.1. The average Bonchev–Trinajstić information content (AvgIpc) is 3.00. The van der Waals surface area contributed by atoms with E-state index in [-0.39, 0.29) is 30.7 Å². The number of nitrogens with one attached hydrogen (secondary N) is 2. The van der Waals surface area contributed by atoms with Crippen LogP contribution in [0.2, 0.25) is 0 Å². The summed E-state index contributed by atoms with van der Waals surface area (Å²) in [6.07, 6.45) is 4.84. The summed E-state index contributed by atoms with van der Waals surface area (Å²) in [5.74, 6) is -0.982. The van der Waals surface area contributed by atoms with Crippen LogP contribution < -0.4 is 10.6 Å². The second-order valence-corrected chi connectivity index (χ2v) is 13.4. The van der Waals surface area contributed by atoms with Gasteiger partial charge in [-0.1, -0.05) is 76.3 Å². The van der Waals surface area contributed by atoms with Crippen LogP contribution in [0.3, 0.4) is 0 Å². The van der Waals surface area contributed by atoms with Crippen LogP contribution in [0.25, 0.3) is 0 Å². The number of aliphatic hydroxyl groups excluding tert-OH is 2. The minimum atomic E-state index is -1.11. The molecule has 4 N–H and O–H groups in total. The van der Waals surface area contributed by atoms with Gasteiger partial charge in [-0.2, -0.15) is 0 Å². The highest BCUT2D eigenvalue weighted by Crippen LogP contribution is 2.29. The molecule has 1 heterocycles. The number of likely N-dealkylation sites (N-methyl/N-ethyl adjacent to an activating group) is 1. The molecule has 1 saturated carbocycles. The van der Waals surface area contributed by atoms with Crippen molar-refractivity contribution >= 4 is 17.7 Å². The van der Waals surface area contributed by atoms with E-state index in [0.717, 1.165) is 31.2 Å². The highest BCUT2D eigenvalue weighted by molar-refractivity contribution is 5.91. The standard InChI is InChI=1S/C34H56N4O6/c1-24(2)19-30(39)32(41)28(21-26-13-9-6-10-14-26)35-34(43)29(23-37(3)4)36-33(42)27(20-25-11-7-5-8-12-25)22-31(40)38-15-17-44-18-16-38/h5,7-8,11-12,24,26-30,32,39,41H,6,9-10,13-23H2,1-4H3,(H,35,43)(H,36,42)/t27-,28+,29+,30+,32-/m1/s1. The molecule has 10 nitrogen and oxygen atoms in total. The van der Waals surface area contributed by atoms with Crippen LogP contribution in [-0.2, 0) is 25.5 Å². The molecule has 3 amide bonds. The molecule has 3 rings (SSSR count). The van der Waals surface area contributed by atoms with Crippen molar-refractivity contribution in [1.82, 2.24) is 20.4 Å². The molecule has 10 heteroatoms. The lowest BCUT2D eigenvalue weighted by Crippen LogP contribution is -2.58. The molecule has 0 radical (unpaired) electrons. The van der Waals surface area contributed by atoms with Crippen molar-refractivity contribution in [3.63, 3.8) is 0 Å². The maximum absolute atomic E-state index is 13.8. The minimum absolute atomic E-state index is 0.0292. The lowest BCUT2D eigenvalue weighted by molar-refractivity contribution is -0.140. The van der Waals surface area contributed by atoms with Crippen molar-refractivity contribution in [2.75, 3.05) is 46.9 Å². The SMILES string of the molecule is CC(C)C[C@H](O)[C@H](O)[C@H](CC1CCCCC1)NC(=O)[C@H](CN(C)C)NC(=O)[C@@H](CC(=O)N1CCOCC1)Cc1ccccc1. The van der Waals surface area contributed by atoms with Gasteiger partial charge in [0.1, 0.15) is 12.1 Å². The average molecular weight is 617 g/mol. The molecule has 0 aromatic heterocycles. The first-order valence-electron chi connectivity index (χ1n) is 16.5. The number of hydrogen-bond acceptors (Lipinski definition) is 7. The Labute approximate surface area is 263 Å². The summed E-state index contributed by atoms with van der Waals surface area (Å²) in [4.78, 5) is 44.4. The molecular formula is C34H56N4O6. The molecule has 1 saturated heterocycles. The zero-order valence-corrected chi connectivity index (χ0v) is 27.2. The normalized spacial score (nSPS) is 19.7. The Morgan fingerprint density at radius 1 is 0.977 bits per heavy atom. The van der Waals surface area contributed by atoms with E-state index in [1.165, 1.54) is 6.42 Å². The first-order valence-corrected chi connectivity index (χ1v) is 16.5. The monoisotopic (exact) mass is 616 g/mol. The molecule has 1 aliphatic heterocycles. The number of benzene rings is 1. The van der Waals surface area contributed by atoms with Crippen molar-refractivity contribution in [3.8, 4) is 0 Å². The molecule has 0 unspecified atom stereocenters. The summed E-state index contributed by atoms with van der Waals surface area (Å²) >= 11 is 0. The largest absolute Gasteiger partial charge is 0.390 e. The maximum Gasteiger partial charge on any atom is 0.244 e. The van der Waals surface area contributed by atoms with E-state index in [1.54, 1.807) is 4.90 Å². The van der Waals surface area contributed by atoms with Crippen molar-refractivity contribution < 1.29 is 29.3 Å². The van der Waals surface area contributed by atoms with E-state index in [1.807, 2.05) is 63.2 Å². The highest BCUT2D eigenvalue weighted by atomic mass is 16.5. The number of carbonyl (C=O) groups excluding carboxylic acids is 3. The predicted octanol–water partition coefficient (Wildman–Crippen LogP) is 2.36. The van der Waals surface area contributed by atoms with Gasteiger partial charge in [0, 0.05) is 26.1 Å². The molecule has 1 aromatic carbocycles. The number of carbonyl (C=O) groups is 3. The Hall–Kier alpha value is -2.53. The third kappa shape index (κ3) is 12.1. The Morgan fingerprint density at radius 3 is 2.25 bits per heavy atom. The highest BCUT2D eigenvalue weighted by Gasteiger charge is 2.34. The van der Waals surface area contributed by atoms with Gasteiger partial charge in [-0.3, -0.25) is 14.4 Å². The number of ether oxygens (including phenoxy) is 1. The molecule has 248 valence electrons. The van der Waals surface area contributed by atoms with Crippen molar-refractivity contribution in [3.05, 3.63) is 35.9 Å². The number of amides is 3. The fourth-order valence-electron chi connectivity index (χ4n) is 6.40. The molecule has 0 bridgehead atoms. The summed E-state index contributed by atoms with van der Waals surface area (Å²) in [5.41, 5.74) is 0.936. The number of hydrogen-bond donors (Lipinski definition) is 4. The molecule has 2 aliphatic rings. The molecule has 1 aliphatic carbocycles. The van der Waals surface area contributed by atoms with Crippen molar-refractivity contribution in [2.24, 2.45) is 17.8 Å². The van der Waals surface area contributed by atoms with Gasteiger partial charge >= 0.3 is 0 Å². The van der Waals surface area contributed by atoms with Gasteiger partial charge in [-0.25, -0.2) is 0 Å². The predicted molar refractivity (Wildman–Crippen MR) is 171 cm³/mol. The van der Waals surface area contributed by atoms with E-state index < -0.39 is 36.1 Å². The summed E-state index contributed by atoms with van der Waals surface area (Å²) in [6.45, 7) is 6.17. The fourth-order valence-corrected chi connectivity index (χ4v) is 6.40. The number of morpholine rings is 1. The van der Waals surface area contributed by atoms with Crippen LogP contribution in [0, 0.1) is 17.8 Å². The van der Waals surface area contributed by atoms with Crippen LogP contribution in [0.15, 0.2) is 30.3 Å². The van der Waals surface area contributed by atoms with Gasteiger partial charge in [0.25, 0.3) is 0 Å². The van der Waals surface area contributed by atoms with Crippen LogP contribution in [0.1, 0.15) is 70.8 Å². The topological polar surface area (TPSA) is 131 Å². The van der Waals surface area contributed by atoms with Gasteiger partial charge in [0.15, 0.2) is 0 Å². The second-order valence-electron chi connectivity index (χ2n) is 13.4. The second kappa shape index (κ2) is 18.4. The maximum atomic E-state index is 13.8. The van der Waals surface area contributed by atoms with Crippen LogP contribution >= 0.6 is 0 Å². The van der Waals surface area contributed by atoms with Gasteiger partial charge < -0.3 is 35.4 Å². The molecule has 1 aromatic rings. The van der Waals surface area contributed by atoms with Crippen molar-refractivity contribution in [1.29, 1.82) is 0 Å². The summed E-state index contributed by atoms with van der Waals surface area (Å²) < 4.78 is 5.39. The minimum Gasteiger partial charge on any atom is -0.390 e. The van der Waals surface area contributed by atoms with Crippen molar-refractivity contribution in [2.45, 2.75) is 95.9 Å². The van der Waals surface area contributed by atoms with E-state index in [4.69, 9.17) is 4.74 Å².